The first-order chi connectivity index (χ1) is 9.46. The molecule has 4 aliphatic heterocycles. The van der Waals surface area contributed by atoms with E-state index in [1.165, 1.54) is 6.42 Å². The van der Waals surface area contributed by atoms with Crippen LogP contribution in [-0.2, 0) is 19.2 Å². The summed E-state index contributed by atoms with van der Waals surface area (Å²) in [6, 6.07) is 0. The third-order valence-corrected chi connectivity index (χ3v) is 6.12. The van der Waals surface area contributed by atoms with E-state index in [0.717, 1.165) is 19.3 Å². The molecule has 5 heteroatoms. The highest BCUT2D eigenvalue weighted by Gasteiger charge is 2.69. The van der Waals surface area contributed by atoms with Crippen molar-refractivity contribution < 1.29 is 24.4 Å². The van der Waals surface area contributed by atoms with Crippen LogP contribution in [-0.4, -0.2) is 29.1 Å². The molecule has 5 fully saturated rings. The van der Waals surface area contributed by atoms with E-state index in [-0.39, 0.29) is 11.8 Å². The summed E-state index contributed by atoms with van der Waals surface area (Å²) in [6.45, 7) is 6.22. The molecule has 0 amide bonds. The third-order valence-electron chi connectivity index (χ3n) is 6.12. The minimum atomic E-state index is -0.781. The summed E-state index contributed by atoms with van der Waals surface area (Å²) in [5.41, 5.74) is -0.549. The lowest BCUT2D eigenvalue weighted by atomic mass is 9.58. The van der Waals surface area contributed by atoms with Crippen LogP contribution in [0.15, 0.2) is 0 Å². The van der Waals surface area contributed by atoms with E-state index in [9.17, 15) is 5.11 Å². The monoisotopic (exact) mass is 284 g/mol. The number of hydrogen-bond acceptors (Lipinski definition) is 5. The lowest BCUT2D eigenvalue weighted by Gasteiger charge is -2.59. The van der Waals surface area contributed by atoms with Crippen LogP contribution in [0.25, 0.3) is 0 Å². The fourth-order valence-electron chi connectivity index (χ4n) is 4.89. The van der Waals surface area contributed by atoms with Crippen LogP contribution in [0.2, 0.25) is 0 Å². The Labute approximate surface area is 119 Å². The van der Waals surface area contributed by atoms with Crippen LogP contribution < -0.4 is 0 Å². The Morgan fingerprint density at radius 2 is 1.85 bits per heavy atom. The van der Waals surface area contributed by atoms with Gasteiger partial charge in [-0.3, -0.25) is 0 Å². The average molecular weight is 284 g/mol. The van der Waals surface area contributed by atoms with Crippen molar-refractivity contribution in [3.8, 4) is 0 Å². The molecule has 0 radical (unpaired) electrons. The Morgan fingerprint density at radius 1 is 1.05 bits per heavy atom. The topological polar surface area (TPSA) is 57.2 Å². The van der Waals surface area contributed by atoms with Crippen LogP contribution in [0.1, 0.15) is 46.5 Å². The van der Waals surface area contributed by atoms with E-state index in [1.54, 1.807) is 0 Å². The molecule has 1 spiro atoms. The smallest absolute Gasteiger partial charge is 0.201 e. The first kappa shape index (κ1) is 13.5. The highest BCUT2D eigenvalue weighted by atomic mass is 17.3. The van der Waals surface area contributed by atoms with Crippen LogP contribution in [0.5, 0.6) is 0 Å². The van der Waals surface area contributed by atoms with E-state index in [0.29, 0.717) is 11.8 Å². The van der Waals surface area contributed by atoms with Gasteiger partial charge in [0, 0.05) is 18.3 Å². The Kier molecular flexibility index (Phi) is 2.81. The summed E-state index contributed by atoms with van der Waals surface area (Å²) in [5, 5.41) is 10.2. The summed E-state index contributed by atoms with van der Waals surface area (Å²) in [7, 11) is 0. The number of aliphatic hydroxyl groups excluding tert-OH is 1. The summed E-state index contributed by atoms with van der Waals surface area (Å²) in [5.74, 6) is 0.437. The maximum Gasteiger partial charge on any atom is 0.201 e. The predicted octanol–water partition coefficient (Wildman–Crippen LogP) is 2.19. The molecule has 8 atom stereocenters. The molecule has 0 aromatic carbocycles. The molecule has 20 heavy (non-hydrogen) atoms. The number of fused-ring (bicyclic) bond motifs is 2. The molecular formula is C15H24O5. The number of rotatable bonds is 0. The van der Waals surface area contributed by atoms with Crippen molar-refractivity contribution in [2.45, 2.75) is 70.4 Å². The van der Waals surface area contributed by atoms with Crippen molar-refractivity contribution in [3.63, 3.8) is 0 Å². The van der Waals surface area contributed by atoms with E-state index >= 15 is 0 Å². The molecule has 0 aromatic heterocycles. The van der Waals surface area contributed by atoms with Crippen molar-refractivity contribution in [2.75, 3.05) is 0 Å². The quantitative estimate of drug-likeness (QED) is 0.691. The van der Waals surface area contributed by atoms with Gasteiger partial charge in [-0.25, -0.2) is 9.78 Å². The van der Waals surface area contributed by atoms with Crippen molar-refractivity contribution in [1.82, 2.24) is 0 Å². The molecule has 5 nitrogen and oxygen atoms in total. The lowest BCUT2D eigenvalue weighted by molar-refractivity contribution is -0.576. The Morgan fingerprint density at radius 3 is 2.65 bits per heavy atom. The lowest BCUT2D eigenvalue weighted by Crippen LogP contribution is -2.70. The fraction of sp³-hybridized carbons (Fsp3) is 1.00. The van der Waals surface area contributed by atoms with Gasteiger partial charge >= 0.3 is 0 Å². The summed E-state index contributed by atoms with van der Waals surface area (Å²) in [6.07, 6.45) is 2.72. The number of aliphatic hydroxyl groups is 1. The molecule has 1 N–H and O–H groups in total. The highest BCUT2D eigenvalue weighted by Crippen LogP contribution is 2.60. The van der Waals surface area contributed by atoms with Crippen LogP contribution in [0.4, 0.5) is 0 Å². The van der Waals surface area contributed by atoms with Gasteiger partial charge in [0.25, 0.3) is 0 Å². The zero-order valence-corrected chi connectivity index (χ0v) is 12.4. The van der Waals surface area contributed by atoms with Crippen molar-refractivity contribution >= 4 is 0 Å². The van der Waals surface area contributed by atoms with Gasteiger partial charge in [-0.05, 0) is 38.0 Å². The van der Waals surface area contributed by atoms with Crippen molar-refractivity contribution in [1.29, 1.82) is 0 Å². The van der Waals surface area contributed by atoms with Gasteiger partial charge < -0.3 is 14.6 Å². The molecule has 0 aromatic rings. The molecule has 114 valence electrons. The number of hydrogen-bond donors (Lipinski definition) is 1. The minimum Gasteiger partial charge on any atom is -0.368 e. The van der Waals surface area contributed by atoms with Crippen LogP contribution >= 0.6 is 0 Å². The van der Waals surface area contributed by atoms with Gasteiger partial charge in [-0.2, -0.15) is 0 Å². The molecule has 4 heterocycles. The van der Waals surface area contributed by atoms with E-state index in [1.807, 2.05) is 13.8 Å². The maximum absolute atomic E-state index is 10.2. The van der Waals surface area contributed by atoms with E-state index in [2.05, 4.69) is 6.92 Å². The first-order valence-electron chi connectivity index (χ1n) is 7.84. The van der Waals surface area contributed by atoms with Gasteiger partial charge in [0.05, 0.1) is 0 Å². The van der Waals surface area contributed by atoms with Gasteiger partial charge in [0.1, 0.15) is 0 Å². The van der Waals surface area contributed by atoms with Gasteiger partial charge in [-0.15, -0.1) is 0 Å². The number of ether oxygens (including phenoxy) is 2. The van der Waals surface area contributed by atoms with E-state index < -0.39 is 24.0 Å². The van der Waals surface area contributed by atoms with Crippen LogP contribution in [0, 0.1) is 23.7 Å². The highest BCUT2D eigenvalue weighted by molar-refractivity contribution is 5.08. The van der Waals surface area contributed by atoms with Crippen LogP contribution in [0.3, 0.4) is 0 Å². The SMILES string of the molecule is C[C@@H]1CCC2[C@@H](C)[C@H](O)O[C@@H]3OC4(C)CCC1[C@@]23OO4. The third kappa shape index (κ3) is 1.56. The van der Waals surface area contributed by atoms with Gasteiger partial charge in [-0.1, -0.05) is 13.8 Å². The average Bonchev–Trinajstić information content (AvgIpc) is 2.63. The molecule has 4 saturated heterocycles. The second-order valence-electron chi connectivity index (χ2n) is 7.30. The second kappa shape index (κ2) is 4.17. The molecule has 2 bridgehead atoms. The first-order valence-corrected chi connectivity index (χ1v) is 7.84. The molecule has 1 aliphatic carbocycles. The molecule has 5 aliphatic rings. The second-order valence-corrected chi connectivity index (χ2v) is 7.30. The molecule has 5 rings (SSSR count). The Bertz CT molecular complexity index is 411. The molecule has 3 unspecified atom stereocenters. The summed E-state index contributed by atoms with van der Waals surface area (Å²) < 4.78 is 11.9. The molecule has 1 saturated carbocycles. The van der Waals surface area contributed by atoms with Gasteiger partial charge in [0.15, 0.2) is 18.2 Å². The fourth-order valence-corrected chi connectivity index (χ4v) is 4.89. The zero-order valence-electron chi connectivity index (χ0n) is 12.4. The maximum atomic E-state index is 10.2. The van der Waals surface area contributed by atoms with Crippen molar-refractivity contribution in [3.05, 3.63) is 0 Å². The van der Waals surface area contributed by atoms with Crippen molar-refractivity contribution in [2.24, 2.45) is 23.7 Å². The summed E-state index contributed by atoms with van der Waals surface area (Å²) >= 11 is 0. The zero-order chi connectivity index (χ0) is 14.1. The molecular weight excluding hydrogens is 260 g/mol. The standard InChI is InChI=1S/C15H24O5/c1-8-4-5-11-9(2)12(16)17-13-15(11)10(8)6-7-14(3,18-13)19-20-15/h8-13,16H,4-7H2,1-3H3/t8-,9-,10?,11?,12-,13-,14?,15-/m1/s1. The largest absolute Gasteiger partial charge is 0.368 e. The Balaban J connectivity index is 1.82. The predicted molar refractivity (Wildman–Crippen MR) is 69.0 cm³/mol. The minimum absolute atomic E-state index is 0.0379. The summed E-state index contributed by atoms with van der Waals surface area (Å²) in [4.78, 5) is 11.6. The van der Waals surface area contributed by atoms with Gasteiger partial charge in [0.2, 0.25) is 5.79 Å². The Hall–Kier alpha value is -0.200. The van der Waals surface area contributed by atoms with E-state index in [4.69, 9.17) is 19.2 Å². The normalized spacial score (nSPS) is 61.8.